The fraction of sp³-hybridized carbons (Fsp3) is 0.286. The van der Waals surface area contributed by atoms with Crippen LogP contribution in [0.4, 0.5) is 4.39 Å². The lowest BCUT2D eigenvalue weighted by atomic mass is 10.3. The summed E-state index contributed by atoms with van der Waals surface area (Å²) in [5.41, 5.74) is 1.98. The van der Waals surface area contributed by atoms with Crippen LogP contribution >= 0.6 is 23.1 Å². The van der Waals surface area contributed by atoms with Crippen LogP contribution in [-0.4, -0.2) is 31.6 Å². The largest absolute Gasteiger partial charge is 0.504 e. The molecule has 21 heavy (non-hydrogen) atoms. The topological polar surface area (TPSA) is 61.8 Å². The second kappa shape index (κ2) is 6.03. The molecule has 0 radical (unpaired) electrons. The van der Waals surface area contributed by atoms with Gasteiger partial charge in [-0.3, -0.25) is 4.98 Å². The van der Waals surface area contributed by atoms with Gasteiger partial charge in [-0.25, -0.2) is 9.37 Å². The molecule has 3 aromatic rings. The number of thioether (sulfide) groups is 1. The van der Waals surface area contributed by atoms with E-state index in [-0.39, 0.29) is 5.75 Å². The third-order valence-electron chi connectivity index (χ3n) is 3.05. The predicted octanol–water partition coefficient (Wildman–Crippen LogP) is 3.83. The van der Waals surface area contributed by atoms with Crippen molar-refractivity contribution in [2.24, 2.45) is 0 Å². The molecule has 0 saturated heterocycles. The molecule has 7 heteroatoms. The van der Waals surface area contributed by atoms with Gasteiger partial charge in [0.05, 0.1) is 11.9 Å². The SMILES string of the molecule is CCSCCc1[nH]c2sc(-c3cncc(F)c3)nc2c1O. The Balaban J connectivity index is 1.91. The first-order chi connectivity index (χ1) is 10.2. The molecule has 110 valence electrons. The summed E-state index contributed by atoms with van der Waals surface area (Å²) in [7, 11) is 0. The fourth-order valence-corrected chi connectivity index (χ4v) is 3.67. The average Bonchev–Trinajstić information content (AvgIpc) is 3.00. The summed E-state index contributed by atoms with van der Waals surface area (Å²) >= 11 is 3.22. The number of fused-ring (bicyclic) bond motifs is 1. The maximum Gasteiger partial charge on any atom is 0.163 e. The zero-order valence-corrected chi connectivity index (χ0v) is 13.0. The minimum absolute atomic E-state index is 0.202. The van der Waals surface area contributed by atoms with Crippen LogP contribution in [-0.2, 0) is 6.42 Å². The van der Waals surface area contributed by atoms with Gasteiger partial charge in [0.1, 0.15) is 21.2 Å². The van der Waals surface area contributed by atoms with Crippen LogP contribution in [0.3, 0.4) is 0 Å². The van der Waals surface area contributed by atoms with Gasteiger partial charge in [0.25, 0.3) is 0 Å². The van der Waals surface area contributed by atoms with E-state index in [0.717, 1.165) is 34.6 Å². The van der Waals surface area contributed by atoms with E-state index in [2.05, 4.69) is 21.9 Å². The summed E-state index contributed by atoms with van der Waals surface area (Å²) in [6.07, 6.45) is 3.50. The van der Waals surface area contributed by atoms with Gasteiger partial charge in [0, 0.05) is 18.2 Å². The fourth-order valence-electron chi connectivity index (χ4n) is 2.06. The number of hydrogen-bond acceptors (Lipinski definition) is 5. The highest BCUT2D eigenvalue weighted by Gasteiger charge is 2.16. The molecule has 0 spiro atoms. The Morgan fingerprint density at radius 3 is 3.00 bits per heavy atom. The summed E-state index contributed by atoms with van der Waals surface area (Å²) in [5.74, 6) is 1.82. The smallest absolute Gasteiger partial charge is 0.163 e. The van der Waals surface area contributed by atoms with Crippen LogP contribution in [0.25, 0.3) is 20.9 Å². The molecule has 0 aliphatic heterocycles. The maximum absolute atomic E-state index is 13.2. The van der Waals surface area contributed by atoms with Crippen molar-refractivity contribution in [2.45, 2.75) is 13.3 Å². The van der Waals surface area contributed by atoms with Gasteiger partial charge < -0.3 is 10.1 Å². The molecule has 0 unspecified atom stereocenters. The molecule has 0 aliphatic rings. The molecule has 0 atom stereocenters. The van der Waals surface area contributed by atoms with Crippen molar-refractivity contribution in [2.75, 3.05) is 11.5 Å². The third-order valence-corrected chi connectivity index (χ3v) is 4.98. The number of thiazole rings is 1. The van der Waals surface area contributed by atoms with Gasteiger partial charge in [-0.05, 0) is 17.6 Å². The highest BCUT2D eigenvalue weighted by atomic mass is 32.2. The molecule has 0 bridgehead atoms. The number of aromatic hydroxyl groups is 1. The summed E-state index contributed by atoms with van der Waals surface area (Å²) in [6, 6.07) is 1.39. The lowest BCUT2D eigenvalue weighted by Crippen LogP contribution is -1.89. The molecule has 2 N–H and O–H groups in total. The predicted molar refractivity (Wildman–Crippen MR) is 85.5 cm³/mol. The first kappa shape index (κ1) is 14.3. The Kier molecular flexibility index (Phi) is 4.12. The number of rotatable bonds is 5. The van der Waals surface area contributed by atoms with Crippen LogP contribution in [0, 0.1) is 5.82 Å². The van der Waals surface area contributed by atoms with E-state index in [0.29, 0.717) is 16.1 Å². The van der Waals surface area contributed by atoms with E-state index < -0.39 is 5.82 Å². The van der Waals surface area contributed by atoms with Gasteiger partial charge in [-0.15, -0.1) is 0 Å². The van der Waals surface area contributed by atoms with E-state index >= 15 is 0 Å². The van der Waals surface area contributed by atoms with Gasteiger partial charge in [-0.1, -0.05) is 18.3 Å². The first-order valence-electron chi connectivity index (χ1n) is 6.58. The number of H-pyrrole nitrogens is 1. The normalized spacial score (nSPS) is 11.3. The highest BCUT2D eigenvalue weighted by molar-refractivity contribution is 7.99. The lowest BCUT2D eigenvalue weighted by molar-refractivity contribution is 0.473. The van der Waals surface area contributed by atoms with E-state index in [1.165, 1.54) is 17.4 Å². The number of nitrogens with one attached hydrogen (secondary N) is 1. The van der Waals surface area contributed by atoms with Crippen LogP contribution in [0.5, 0.6) is 5.75 Å². The Morgan fingerprint density at radius 1 is 1.43 bits per heavy atom. The number of hydrogen-bond donors (Lipinski definition) is 2. The molecule has 0 saturated carbocycles. The molecular weight excluding hydrogens is 309 g/mol. The molecule has 0 aliphatic carbocycles. The Hall–Kier alpha value is -1.60. The highest BCUT2D eigenvalue weighted by Crippen LogP contribution is 2.36. The summed E-state index contributed by atoms with van der Waals surface area (Å²) < 4.78 is 13.2. The first-order valence-corrected chi connectivity index (χ1v) is 8.55. The number of aromatic nitrogens is 3. The Labute approximate surface area is 129 Å². The van der Waals surface area contributed by atoms with E-state index in [1.54, 1.807) is 6.20 Å². The molecule has 3 rings (SSSR count). The minimum Gasteiger partial charge on any atom is -0.504 e. The molecule has 0 amide bonds. The van der Waals surface area contributed by atoms with Crippen LogP contribution < -0.4 is 0 Å². The second-order valence-corrected chi connectivity index (χ2v) is 6.88. The van der Waals surface area contributed by atoms with Crippen molar-refractivity contribution >= 4 is 33.4 Å². The van der Waals surface area contributed by atoms with Gasteiger partial charge in [0.2, 0.25) is 0 Å². The van der Waals surface area contributed by atoms with E-state index in [4.69, 9.17) is 0 Å². The second-order valence-electron chi connectivity index (χ2n) is 4.49. The molecule has 0 aromatic carbocycles. The number of aryl methyl sites for hydroxylation is 1. The van der Waals surface area contributed by atoms with Gasteiger partial charge >= 0.3 is 0 Å². The Morgan fingerprint density at radius 2 is 2.29 bits per heavy atom. The van der Waals surface area contributed by atoms with Crippen LogP contribution in [0.1, 0.15) is 12.6 Å². The van der Waals surface area contributed by atoms with Gasteiger partial charge in [0.15, 0.2) is 5.75 Å². The van der Waals surface area contributed by atoms with Crippen molar-refractivity contribution in [3.8, 4) is 16.3 Å². The summed E-state index contributed by atoms with van der Waals surface area (Å²) in [5, 5.41) is 10.9. The standard InChI is InChI=1S/C14H14FN3OS2/c1-2-20-4-3-10-12(19)11-14(17-10)21-13(18-11)8-5-9(15)7-16-6-8/h5-7,17,19H,2-4H2,1H3. The van der Waals surface area contributed by atoms with Crippen LogP contribution in [0.15, 0.2) is 18.5 Å². The quantitative estimate of drug-likeness (QED) is 0.701. The van der Waals surface area contributed by atoms with E-state index in [1.807, 2.05) is 11.8 Å². The van der Waals surface area contributed by atoms with Crippen LogP contribution in [0.2, 0.25) is 0 Å². The van der Waals surface area contributed by atoms with E-state index in [9.17, 15) is 9.50 Å². The molecule has 4 nitrogen and oxygen atoms in total. The number of nitrogens with zero attached hydrogens (tertiary/aromatic N) is 2. The number of halogens is 1. The summed E-state index contributed by atoms with van der Waals surface area (Å²) in [6.45, 7) is 2.11. The minimum atomic E-state index is -0.395. The maximum atomic E-state index is 13.2. The van der Waals surface area contributed by atoms with Crippen molar-refractivity contribution in [1.29, 1.82) is 0 Å². The number of pyridine rings is 1. The third kappa shape index (κ3) is 2.89. The average molecular weight is 323 g/mol. The zero-order valence-electron chi connectivity index (χ0n) is 11.4. The Bertz CT molecular complexity index is 769. The summed E-state index contributed by atoms with van der Waals surface area (Å²) in [4.78, 5) is 12.2. The number of aromatic amines is 1. The van der Waals surface area contributed by atoms with Crippen molar-refractivity contribution in [3.05, 3.63) is 30.0 Å². The van der Waals surface area contributed by atoms with Crippen molar-refractivity contribution in [3.63, 3.8) is 0 Å². The van der Waals surface area contributed by atoms with Crippen molar-refractivity contribution in [1.82, 2.24) is 15.0 Å². The molecule has 3 heterocycles. The van der Waals surface area contributed by atoms with Crippen molar-refractivity contribution < 1.29 is 9.50 Å². The zero-order chi connectivity index (χ0) is 14.8. The molecule has 3 aromatic heterocycles. The monoisotopic (exact) mass is 323 g/mol. The lowest BCUT2D eigenvalue weighted by Gasteiger charge is -1.98. The van der Waals surface area contributed by atoms with Gasteiger partial charge in [-0.2, -0.15) is 11.8 Å². The molecular formula is C14H14FN3OS2. The molecule has 0 fully saturated rings.